The van der Waals surface area contributed by atoms with Crippen LogP contribution in [0.2, 0.25) is 0 Å². The molecule has 0 N–H and O–H groups in total. The lowest BCUT2D eigenvalue weighted by atomic mass is 9.79. The van der Waals surface area contributed by atoms with E-state index in [1.54, 1.807) is 0 Å². The largest absolute Gasteiger partial charge is 0.0791 e. The second-order valence-electron chi connectivity index (χ2n) is 15.2. The molecular weight excluding hydrogens is 637 g/mol. The molecule has 0 radical (unpaired) electrons. The van der Waals surface area contributed by atoms with Crippen LogP contribution in [0.25, 0.3) is 99.7 Å². The van der Waals surface area contributed by atoms with Crippen LogP contribution in [-0.2, 0) is 5.41 Å². The zero-order chi connectivity index (χ0) is 35.8. The molecule has 0 spiro atoms. The predicted octanol–water partition coefficient (Wildman–Crippen LogP) is 13.2. The van der Waals surface area contributed by atoms with E-state index < -0.39 is 0 Å². The van der Waals surface area contributed by atoms with Gasteiger partial charge in [-0.1, -0.05) is 147 Å². The lowest BCUT2D eigenvalue weighted by Crippen LogP contribution is -2.29. The SMILES string of the molecule is CC=c1c(-c2ccc3ccccc3c2)c2cc3c(cc2c(-c2ccc4ccccc4c2)c1=CC)C(C)(C)c1cc(-c2ccc4ccccc4c2)ccc1-3. The van der Waals surface area contributed by atoms with Crippen molar-refractivity contribution in [1.82, 2.24) is 0 Å². The molecule has 0 atom stereocenters. The molecule has 0 aromatic heterocycles. The average molecular weight is 677 g/mol. The zero-order valence-corrected chi connectivity index (χ0v) is 30.7. The Bertz CT molecular complexity index is 3100. The quantitative estimate of drug-likeness (QED) is 0.175. The summed E-state index contributed by atoms with van der Waals surface area (Å²) in [5, 5.41) is 12.7. The lowest BCUT2D eigenvalue weighted by molar-refractivity contribution is 0.661. The van der Waals surface area contributed by atoms with Crippen LogP contribution in [0.1, 0.15) is 38.8 Å². The van der Waals surface area contributed by atoms with Crippen molar-refractivity contribution < 1.29 is 0 Å². The van der Waals surface area contributed by atoms with E-state index in [0.717, 1.165) is 0 Å². The van der Waals surface area contributed by atoms with Gasteiger partial charge in [-0.25, -0.2) is 0 Å². The maximum atomic E-state index is 2.54. The van der Waals surface area contributed by atoms with Gasteiger partial charge in [-0.15, -0.1) is 0 Å². The molecule has 9 aromatic carbocycles. The van der Waals surface area contributed by atoms with Crippen LogP contribution >= 0.6 is 0 Å². The van der Waals surface area contributed by atoms with Crippen molar-refractivity contribution in [2.24, 2.45) is 0 Å². The molecule has 0 nitrogen and oxygen atoms in total. The Kier molecular flexibility index (Phi) is 7.07. The first-order valence-electron chi connectivity index (χ1n) is 18.8. The number of benzene rings is 9. The minimum Gasteiger partial charge on any atom is -0.0791 e. The predicted molar refractivity (Wildman–Crippen MR) is 230 cm³/mol. The average Bonchev–Trinajstić information content (AvgIpc) is 3.42. The first kappa shape index (κ1) is 31.5. The van der Waals surface area contributed by atoms with Crippen molar-refractivity contribution >= 4 is 55.2 Å². The Hall–Kier alpha value is -6.24. The Balaban J connectivity index is 1.28. The highest BCUT2D eigenvalue weighted by Crippen LogP contribution is 2.52. The van der Waals surface area contributed by atoms with Crippen LogP contribution in [0, 0.1) is 0 Å². The molecule has 0 amide bonds. The Labute approximate surface area is 311 Å². The van der Waals surface area contributed by atoms with E-state index in [2.05, 4.69) is 198 Å². The Morgan fingerprint density at radius 1 is 0.358 bits per heavy atom. The number of hydrogen-bond acceptors (Lipinski definition) is 0. The fourth-order valence-corrected chi connectivity index (χ4v) is 9.21. The van der Waals surface area contributed by atoms with Gasteiger partial charge in [-0.3, -0.25) is 0 Å². The smallest absolute Gasteiger partial charge is 0.0159 e. The summed E-state index contributed by atoms with van der Waals surface area (Å²) in [4.78, 5) is 0. The van der Waals surface area contributed by atoms with E-state index in [1.165, 1.54) is 109 Å². The van der Waals surface area contributed by atoms with Crippen LogP contribution in [0.3, 0.4) is 0 Å². The molecule has 0 saturated carbocycles. The molecule has 252 valence electrons. The van der Waals surface area contributed by atoms with E-state index in [0.29, 0.717) is 0 Å². The first-order chi connectivity index (χ1) is 25.9. The zero-order valence-electron chi connectivity index (χ0n) is 30.7. The molecule has 0 fully saturated rings. The summed E-state index contributed by atoms with van der Waals surface area (Å²) in [6.07, 6.45) is 4.65. The minimum atomic E-state index is -0.179. The molecule has 0 heterocycles. The van der Waals surface area contributed by atoms with Crippen LogP contribution in [-0.4, -0.2) is 0 Å². The normalized spacial score (nSPS) is 14.0. The van der Waals surface area contributed by atoms with Gasteiger partial charge in [0.2, 0.25) is 0 Å². The van der Waals surface area contributed by atoms with Crippen molar-refractivity contribution in [3.8, 4) is 44.5 Å². The summed E-state index contributed by atoms with van der Waals surface area (Å²) in [7, 11) is 0. The van der Waals surface area contributed by atoms with Crippen molar-refractivity contribution in [3.05, 3.63) is 179 Å². The molecule has 9 aromatic rings. The Morgan fingerprint density at radius 3 is 1.26 bits per heavy atom. The van der Waals surface area contributed by atoms with Gasteiger partial charge in [0.25, 0.3) is 0 Å². The van der Waals surface area contributed by atoms with Gasteiger partial charge in [-0.05, 0) is 159 Å². The minimum absolute atomic E-state index is 0.179. The summed E-state index contributed by atoms with van der Waals surface area (Å²) < 4.78 is 0. The second-order valence-corrected chi connectivity index (χ2v) is 15.2. The van der Waals surface area contributed by atoms with E-state index in [1.807, 2.05) is 0 Å². The highest BCUT2D eigenvalue weighted by molar-refractivity contribution is 6.10. The first-order valence-corrected chi connectivity index (χ1v) is 18.8. The molecule has 0 unspecified atom stereocenters. The summed E-state index contributed by atoms with van der Waals surface area (Å²) in [6, 6.07) is 59.1. The monoisotopic (exact) mass is 676 g/mol. The highest BCUT2D eigenvalue weighted by Gasteiger charge is 2.36. The summed E-state index contributed by atoms with van der Waals surface area (Å²) in [5.41, 5.74) is 12.9. The van der Waals surface area contributed by atoms with Crippen molar-refractivity contribution in [2.45, 2.75) is 33.1 Å². The molecule has 10 rings (SSSR count). The molecule has 1 aliphatic rings. The van der Waals surface area contributed by atoms with Crippen molar-refractivity contribution in [1.29, 1.82) is 0 Å². The highest BCUT2D eigenvalue weighted by atomic mass is 14.4. The fraction of sp³-hybridized carbons (Fsp3) is 0.0943. The van der Waals surface area contributed by atoms with E-state index in [-0.39, 0.29) is 5.41 Å². The topological polar surface area (TPSA) is 0 Å². The summed E-state index contributed by atoms with van der Waals surface area (Å²) in [5.74, 6) is 0. The van der Waals surface area contributed by atoms with Gasteiger partial charge < -0.3 is 0 Å². The fourth-order valence-electron chi connectivity index (χ4n) is 9.21. The number of hydrogen-bond donors (Lipinski definition) is 0. The van der Waals surface area contributed by atoms with Crippen LogP contribution in [0.15, 0.2) is 158 Å². The van der Waals surface area contributed by atoms with Crippen LogP contribution < -0.4 is 10.4 Å². The Morgan fingerprint density at radius 2 is 0.755 bits per heavy atom. The molecule has 0 bridgehead atoms. The van der Waals surface area contributed by atoms with Gasteiger partial charge in [0.15, 0.2) is 0 Å². The van der Waals surface area contributed by atoms with Gasteiger partial charge in [-0.2, -0.15) is 0 Å². The number of rotatable bonds is 3. The van der Waals surface area contributed by atoms with E-state index in [4.69, 9.17) is 0 Å². The molecule has 0 saturated heterocycles. The number of fused-ring (bicyclic) bond motifs is 7. The van der Waals surface area contributed by atoms with E-state index >= 15 is 0 Å². The van der Waals surface area contributed by atoms with Crippen LogP contribution in [0.4, 0.5) is 0 Å². The summed E-state index contributed by atoms with van der Waals surface area (Å²) >= 11 is 0. The molecule has 0 heteroatoms. The summed E-state index contributed by atoms with van der Waals surface area (Å²) in [6.45, 7) is 9.22. The van der Waals surface area contributed by atoms with Gasteiger partial charge in [0.05, 0.1) is 0 Å². The van der Waals surface area contributed by atoms with Gasteiger partial charge in [0.1, 0.15) is 0 Å². The van der Waals surface area contributed by atoms with Crippen molar-refractivity contribution in [2.75, 3.05) is 0 Å². The third kappa shape index (κ3) is 4.83. The van der Waals surface area contributed by atoms with E-state index in [9.17, 15) is 0 Å². The molecule has 0 aliphatic heterocycles. The maximum Gasteiger partial charge on any atom is 0.0159 e. The lowest BCUT2D eigenvalue weighted by Gasteiger charge is -2.24. The molecule has 53 heavy (non-hydrogen) atoms. The van der Waals surface area contributed by atoms with Gasteiger partial charge >= 0.3 is 0 Å². The molecular formula is C53H40. The van der Waals surface area contributed by atoms with Crippen molar-refractivity contribution in [3.63, 3.8) is 0 Å². The third-order valence-corrected chi connectivity index (χ3v) is 11.9. The standard InChI is InChI=1S/C53H40/c1-5-43-44(6-2)52(42-24-21-35-15-9-12-18-38(35)29-42)48-32-50-46(31-47(48)51(43)41-23-20-34-14-8-11-17-37(34)28-41)45-26-25-40(30-49(45)53(50,3)4)39-22-19-33-13-7-10-16-36(33)27-39/h5-32H,1-4H3. The maximum absolute atomic E-state index is 2.54. The third-order valence-electron chi connectivity index (χ3n) is 11.9. The van der Waals surface area contributed by atoms with Gasteiger partial charge in [0, 0.05) is 5.41 Å². The molecule has 1 aliphatic carbocycles. The van der Waals surface area contributed by atoms with Crippen LogP contribution in [0.5, 0.6) is 0 Å². The second kappa shape index (κ2) is 11.9.